The number of aromatic carboxylic acids is 1. The lowest BCUT2D eigenvalue weighted by molar-refractivity contribution is 0.0697. The van der Waals surface area contributed by atoms with Gasteiger partial charge in [-0.05, 0) is 106 Å². The Morgan fingerprint density at radius 3 is 2.23 bits per heavy atom. The number of carboxylic acids is 1. The van der Waals surface area contributed by atoms with Gasteiger partial charge in [-0.2, -0.15) is 0 Å². The van der Waals surface area contributed by atoms with Crippen molar-refractivity contribution >= 4 is 11.9 Å². The molecule has 0 saturated heterocycles. The minimum atomic E-state index is -1.09. The first-order valence-corrected chi connectivity index (χ1v) is 16.1. The number of aromatic nitrogens is 1. The predicted octanol–water partition coefficient (Wildman–Crippen LogP) is 7.17. The van der Waals surface area contributed by atoms with Gasteiger partial charge in [0.1, 0.15) is 17.9 Å². The number of carboxylic acid groups (broad SMARTS) is 1. The van der Waals surface area contributed by atoms with E-state index in [0.717, 1.165) is 44.0 Å². The van der Waals surface area contributed by atoms with Crippen LogP contribution in [-0.4, -0.2) is 53.0 Å². The van der Waals surface area contributed by atoms with Crippen molar-refractivity contribution in [3.05, 3.63) is 113 Å². The summed E-state index contributed by atoms with van der Waals surface area (Å²) in [6.45, 7) is 8.65. The second-order valence-electron chi connectivity index (χ2n) is 11.6. The minimum absolute atomic E-state index is 0.0389. The van der Waals surface area contributed by atoms with E-state index < -0.39 is 17.6 Å². The lowest BCUT2D eigenvalue weighted by Crippen LogP contribution is -2.32. The molecule has 1 fully saturated rings. The van der Waals surface area contributed by atoms with Gasteiger partial charge in [0.25, 0.3) is 5.91 Å². The van der Waals surface area contributed by atoms with E-state index in [1.807, 2.05) is 26.0 Å². The Hall–Kier alpha value is -4.85. The average molecular weight is 659 g/mol. The average Bonchev–Trinajstić information content (AvgIpc) is 3.65. The second-order valence-corrected chi connectivity index (χ2v) is 11.6. The van der Waals surface area contributed by atoms with Crippen molar-refractivity contribution in [1.82, 2.24) is 15.2 Å². The number of oxazole rings is 1. The van der Waals surface area contributed by atoms with Gasteiger partial charge in [-0.25, -0.2) is 18.6 Å². The second kappa shape index (κ2) is 18.5. The zero-order chi connectivity index (χ0) is 35.1. The SMILES string of the molecule is C#Cc1cccc(C2(NCCCN)CC2)c1.CCCN(CCC)C(=O)c1cc(C(=O)O)cc(-c2ncco2)c1.Cc1cc(F)cc(F)c1. The van der Waals surface area contributed by atoms with Crippen molar-refractivity contribution in [2.75, 3.05) is 26.2 Å². The van der Waals surface area contributed by atoms with Gasteiger partial charge in [0.2, 0.25) is 5.89 Å². The Bertz CT molecular complexity index is 1620. The number of hydrogen-bond acceptors (Lipinski definition) is 6. The van der Waals surface area contributed by atoms with Crippen LogP contribution in [0.1, 0.15) is 83.4 Å². The first kappa shape index (κ1) is 37.6. The first-order chi connectivity index (χ1) is 23.0. The quantitative estimate of drug-likeness (QED) is 0.109. The number of carbonyl (C=O) groups is 2. The van der Waals surface area contributed by atoms with E-state index >= 15 is 0 Å². The topological polar surface area (TPSA) is 122 Å². The summed E-state index contributed by atoms with van der Waals surface area (Å²) in [5.41, 5.74) is 9.41. The summed E-state index contributed by atoms with van der Waals surface area (Å²) in [7, 11) is 0. The molecule has 10 heteroatoms. The van der Waals surface area contributed by atoms with E-state index in [1.54, 1.807) is 17.9 Å². The van der Waals surface area contributed by atoms with Gasteiger partial charge < -0.3 is 25.5 Å². The number of hydrogen-bond donors (Lipinski definition) is 3. The van der Waals surface area contributed by atoms with Crippen molar-refractivity contribution in [2.45, 2.75) is 58.4 Å². The molecule has 1 aliphatic carbocycles. The van der Waals surface area contributed by atoms with E-state index in [4.69, 9.17) is 16.6 Å². The van der Waals surface area contributed by atoms with Gasteiger partial charge in [0.15, 0.2) is 0 Å². The predicted molar refractivity (Wildman–Crippen MR) is 183 cm³/mol. The van der Waals surface area contributed by atoms with Crippen LogP contribution in [-0.2, 0) is 5.54 Å². The van der Waals surface area contributed by atoms with Crippen LogP contribution in [0.3, 0.4) is 0 Å². The molecule has 0 aliphatic heterocycles. The Morgan fingerprint density at radius 2 is 1.71 bits per heavy atom. The van der Waals surface area contributed by atoms with E-state index in [0.29, 0.717) is 35.7 Å². The molecule has 254 valence electrons. The van der Waals surface area contributed by atoms with Crippen LogP contribution in [0.5, 0.6) is 0 Å². The number of terminal acetylenes is 1. The van der Waals surface area contributed by atoms with E-state index in [9.17, 15) is 23.5 Å². The van der Waals surface area contributed by atoms with Gasteiger partial charge in [-0.1, -0.05) is 31.9 Å². The molecule has 0 unspecified atom stereocenters. The van der Waals surface area contributed by atoms with Crippen LogP contribution < -0.4 is 11.1 Å². The van der Waals surface area contributed by atoms with Crippen molar-refractivity contribution in [3.8, 4) is 23.8 Å². The summed E-state index contributed by atoms with van der Waals surface area (Å²) in [5, 5.41) is 12.9. The van der Waals surface area contributed by atoms with Crippen LogP contribution in [0.4, 0.5) is 8.78 Å². The lowest BCUT2D eigenvalue weighted by Gasteiger charge is -2.22. The Morgan fingerprint density at radius 1 is 1.04 bits per heavy atom. The third kappa shape index (κ3) is 11.1. The summed E-state index contributed by atoms with van der Waals surface area (Å²) in [6.07, 6.45) is 13.4. The maximum absolute atomic E-state index is 12.7. The van der Waals surface area contributed by atoms with Crippen LogP contribution in [0, 0.1) is 30.9 Å². The minimum Gasteiger partial charge on any atom is -0.478 e. The van der Waals surface area contributed by atoms with Crippen molar-refractivity contribution in [2.24, 2.45) is 5.73 Å². The fourth-order valence-corrected chi connectivity index (χ4v) is 5.12. The molecule has 48 heavy (non-hydrogen) atoms. The Kier molecular flexibility index (Phi) is 14.5. The number of amides is 1. The maximum Gasteiger partial charge on any atom is 0.335 e. The van der Waals surface area contributed by atoms with E-state index in [-0.39, 0.29) is 17.0 Å². The fourth-order valence-electron chi connectivity index (χ4n) is 5.12. The van der Waals surface area contributed by atoms with Crippen LogP contribution in [0.2, 0.25) is 0 Å². The molecule has 1 aliphatic rings. The molecule has 0 radical (unpaired) electrons. The number of nitrogens with zero attached hydrogens (tertiary/aromatic N) is 2. The smallest absolute Gasteiger partial charge is 0.335 e. The van der Waals surface area contributed by atoms with E-state index in [1.165, 1.54) is 55.1 Å². The Balaban J connectivity index is 0.000000215. The van der Waals surface area contributed by atoms with Crippen LogP contribution in [0.25, 0.3) is 11.5 Å². The number of nitrogens with two attached hydrogens (primary N) is 1. The molecule has 8 nitrogen and oxygen atoms in total. The number of benzene rings is 3. The summed E-state index contributed by atoms with van der Waals surface area (Å²) in [5.74, 6) is 0.668. The molecule has 5 rings (SSSR count). The summed E-state index contributed by atoms with van der Waals surface area (Å²) < 4.78 is 29.6. The molecular weight excluding hydrogens is 614 g/mol. The summed E-state index contributed by atoms with van der Waals surface area (Å²) in [4.78, 5) is 29.8. The fraction of sp³-hybridized carbons (Fsp3) is 0.342. The third-order valence-electron chi connectivity index (χ3n) is 7.56. The maximum atomic E-state index is 12.7. The zero-order valence-electron chi connectivity index (χ0n) is 27.8. The van der Waals surface area contributed by atoms with Gasteiger partial charge >= 0.3 is 5.97 Å². The molecule has 3 aromatic carbocycles. The van der Waals surface area contributed by atoms with Crippen molar-refractivity contribution < 1.29 is 27.9 Å². The van der Waals surface area contributed by atoms with Crippen molar-refractivity contribution in [3.63, 3.8) is 0 Å². The summed E-state index contributed by atoms with van der Waals surface area (Å²) >= 11 is 0. The van der Waals surface area contributed by atoms with Crippen LogP contribution in [0.15, 0.2) is 77.5 Å². The molecule has 4 N–H and O–H groups in total. The highest BCUT2D eigenvalue weighted by atomic mass is 19.1. The molecule has 1 heterocycles. The molecule has 0 spiro atoms. The molecule has 4 aromatic rings. The van der Waals surface area contributed by atoms with Gasteiger partial charge in [-0.3, -0.25) is 4.79 Å². The standard InChI is InChI=1S/C17H20N2O4.C14H18N2.C7H6F2/c1-3-6-19(7-4-2)16(20)13-9-12(15-18-5-8-23-15)10-14(11-13)17(21)22;1-2-12-5-3-6-13(11-12)14(7-8-14)16-10-4-9-15;1-5-2-6(8)4-7(9)3-5/h5,8-11H,3-4,6-7H2,1-2H3,(H,21,22);1,3,5-6,11,16H,4,7-10,15H2;2-4H,1H3. The first-order valence-electron chi connectivity index (χ1n) is 16.1. The highest BCUT2D eigenvalue weighted by molar-refractivity contribution is 5.99. The summed E-state index contributed by atoms with van der Waals surface area (Å²) in [6, 6.07) is 16.2. The number of aryl methyl sites for hydroxylation is 1. The molecule has 1 saturated carbocycles. The monoisotopic (exact) mass is 658 g/mol. The lowest BCUT2D eigenvalue weighted by atomic mass is 10.0. The van der Waals surface area contributed by atoms with Gasteiger partial charge in [0, 0.05) is 41.4 Å². The van der Waals surface area contributed by atoms with Crippen LogP contribution >= 0.6 is 0 Å². The molecule has 1 amide bonds. The molecule has 0 bridgehead atoms. The molecule has 0 atom stereocenters. The zero-order valence-corrected chi connectivity index (χ0v) is 27.8. The largest absolute Gasteiger partial charge is 0.478 e. The number of nitrogens with one attached hydrogen (secondary N) is 1. The Labute approximate surface area is 281 Å². The van der Waals surface area contributed by atoms with Gasteiger partial charge in [-0.15, -0.1) is 6.42 Å². The number of halogens is 2. The number of carbonyl (C=O) groups excluding carboxylic acids is 1. The number of rotatable bonds is 12. The molecule has 1 aromatic heterocycles. The highest BCUT2D eigenvalue weighted by Gasteiger charge is 2.43. The highest BCUT2D eigenvalue weighted by Crippen LogP contribution is 2.45. The van der Waals surface area contributed by atoms with Gasteiger partial charge in [0.05, 0.1) is 11.8 Å². The molecular formula is C38H44F2N4O4. The normalized spacial score (nSPS) is 12.4. The van der Waals surface area contributed by atoms with Crippen molar-refractivity contribution in [1.29, 1.82) is 0 Å². The van der Waals surface area contributed by atoms with E-state index in [2.05, 4.69) is 28.4 Å². The third-order valence-corrected chi connectivity index (χ3v) is 7.56.